The largest absolute Gasteiger partial charge is 0.468 e. The second-order valence-corrected chi connectivity index (χ2v) is 13.9. The molecule has 4 atom stereocenters. The lowest BCUT2D eigenvalue weighted by Crippen LogP contribution is -2.62. The van der Waals surface area contributed by atoms with E-state index in [-0.39, 0.29) is 60.8 Å². The third-order valence-corrected chi connectivity index (χ3v) is 10.6. The molecule has 0 unspecified atom stereocenters. The van der Waals surface area contributed by atoms with Gasteiger partial charge in [0.15, 0.2) is 5.76 Å². The number of piperidine rings is 1. The zero-order chi connectivity index (χ0) is 33.6. The normalized spacial score (nSPS) is 26.0. The first-order valence-electron chi connectivity index (χ1n) is 17.1. The molecular formula is C38H43N3O7. The highest BCUT2D eigenvalue weighted by Gasteiger charge is 2.64. The van der Waals surface area contributed by atoms with Gasteiger partial charge in [-0.1, -0.05) is 56.3 Å². The number of carbonyl (C=O) groups excluding carboxylic acids is 4. The lowest BCUT2D eigenvalue weighted by atomic mass is 9.64. The van der Waals surface area contributed by atoms with E-state index < -0.39 is 23.4 Å². The lowest BCUT2D eigenvalue weighted by molar-refractivity contribution is -0.182. The van der Waals surface area contributed by atoms with Gasteiger partial charge in [0.1, 0.15) is 5.41 Å². The standard InChI is InChI=1S/C38H43N3O7/c1-24(2)31-21-32-38(37(45)46-3,34(48-31)26-13-14-26)22-28(35(43)41(32)23-27-10-6-9-25-8-4-5-11-29(25)27)20-33(42)39-15-17-40(18-16-39)36(44)30-12-7-19-47-30/h4-12,19,21,24,26,28,31,34H,13-18,20,22-23H2,1-3H3/t28-,31+,34+,38+/m0/s1. The average molecular weight is 654 g/mol. The molecule has 3 amide bonds. The number of hydrogen-bond donors (Lipinski definition) is 0. The quantitative estimate of drug-likeness (QED) is 0.314. The lowest BCUT2D eigenvalue weighted by Gasteiger charge is -2.53. The Balaban J connectivity index is 1.22. The zero-order valence-electron chi connectivity index (χ0n) is 27.8. The maximum atomic E-state index is 14.7. The third-order valence-electron chi connectivity index (χ3n) is 10.6. The Morgan fingerprint density at radius 3 is 2.38 bits per heavy atom. The van der Waals surface area contributed by atoms with Gasteiger partial charge in [-0.2, -0.15) is 0 Å². The molecule has 0 bridgehead atoms. The van der Waals surface area contributed by atoms with Gasteiger partial charge in [-0.05, 0) is 65.6 Å². The molecule has 2 saturated heterocycles. The molecule has 2 aromatic carbocycles. The fourth-order valence-electron chi connectivity index (χ4n) is 7.87. The molecule has 0 radical (unpaired) electrons. The molecule has 48 heavy (non-hydrogen) atoms. The van der Waals surface area contributed by atoms with Crippen LogP contribution >= 0.6 is 0 Å². The van der Waals surface area contributed by atoms with Gasteiger partial charge in [-0.25, -0.2) is 0 Å². The number of esters is 1. The van der Waals surface area contributed by atoms with Gasteiger partial charge in [0, 0.05) is 44.2 Å². The van der Waals surface area contributed by atoms with Crippen molar-refractivity contribution in [1.82, 2.24) is 14.7 Å². The summed E-state index contributed by atoms with van der Waals surface area (Å²) in [4.78, 5) is 60.7. The first kappa shape index (κ1) is 32.1. The summed E-state index contributed by atoms with van der Waals surface area (Å²) in [5.74, 6) is -1.17. The Morgan fingerprint density at radius 2 is 1.69 bits per heavy atom. The first-order valence-corrected chi connectivity index (χ1v) is 17.1. The van der Waals surface area contributed by atoms with Crippen LogP contribution in [0.2, 0.25) is 0 Å². The van der Waals surface area contributed by atoms with Crippen molar-refractivity contribution in [3.8, 4) is 0 Å². The van der Waals surface area contributed by atoms with E-state index in [2.05, 4.69) is 13.8 Å². The van der Waals surface area contributed by atoms with Crippen molar-refractivity contribution in [3.63, 3.8) is 0 Å². The number of nitrogens with zero attached hydrogens (tertiary/aromatic N) is 3. The number of rotatable bonds is 8. The Labute approximate surface area is 280 Å². The fourth-order valence-corrected chi connectivity index (χ4v) is 7.87. The van der Waals surface area contributed by atoms with Crippen LogP contribution in [-0.2, 0) is 30.4 Å². The molecule has 3 aliphatic heterocycles. The van der Waals surface area contributed by atoms with Crippen LogP contribution in [0.5, 0.6) is 0 Å². The van der Waals surface area contributed by atoms with E-state index in [1.165, 1.54) is 13.4 Å². The number of amides is 3. The van der Waals surface area contributed by atoms with E-state index >= 15 is 0 Å². The highest BCUT2D eigenvalue weighted by atomic mass is 16.5. The molecule has 4 aliphatic rings. The van der Waals surface area contributed by atoms with E-state index in [9.17, 15) is 19.2 Å². The summed E-state index contributed by atoms with van der Waals surface area (Å²) < 4.78 is 17.6. The van der Waals surface area contributed by atoms with E-state index in [1.807, 2.05) is 48.5 Å². The summed E-state index contributed by atoms with van der Waals surface area (Å²) in [5, 5.41) is 2.09. The predicted molar refractivity (Wildman–Crippen MR) is 177 cm³/mol. The number of ether oxygens (including phenoxy) is 2. The van der Waals surface area contributed by atoms with Crippen LogP contribution in [0.1, 0.15) is 55.6 Å². The van der Waals surface area contributed by atoms with Gasteiger partial charge in [0.2, 0.25) is 11.8 Å². The Hall–Kier alpha value is -4.44. The van der Waals surface area contributed by atoms with Crippen molar-refractivity contribution in [1.29, 1.82) is 0 Å². The second-order valence-electron chi connectivity index (χ2n) is 13.9. The van der Waals surface area contributed by atoms with Crippen LogP contribution in [0.3, 0.4) is 0 Å². The van der Waals surface area contributed by atoms with Crippen molar-refractivity contribution in [2.24, 2.45) is 23.2 Å². The van der Waals surface area contributed by atoms with Gasteiger partial charge in [-0.3, -0.25) is 19.2 Å². The molecule has 1 aromatic heterocycles. The minimum Gasteiger partial charge on any atom is -0.468 e. The van der Waals surface area contributed by atoms with Crippen LogP contribution in [0, 0.1) is 23.2 Å². The van der Waals surface area contributed by atoms with Gasteiger partial charge in [0.05, 0.1) is 32.1 Å². The summed E-state index contributed by atoms with van der Waals surface area (Å²) in [7, 11) is 1.39. The minimum atomic E-state index is -1.22. The number of likely N-dealkylation sites (tertiary alicyclic amines) is 1. The monoisotopic (exact) mass is 653 g/mol. The summed E-state index contributed by atoms with van der Waals surface area (Å²) in [6, 6.07) is 17.4. The van der Waals surface area contributed by atoms with Crippen molar-refractivity contribution in [2.75, 3.05) is 33.3 Å². The van der Waals surface area contributed by atoms with Gasteiger partial charge in [-0.15, -0.1) is 0 Å². The highest BCUT2D eigenvalue weighted by molar-refractivity contribution is 5.94. The molecule has 4 heterocycles. The topological polar surface area (TPSA) is 110 Å². The molecule has 0 N–H and O–H groups in total. The molecule has 0 spiro atoms. The fraction of sp³-hybridized carbons (Fsp3) is 0.474. The number of methoxy groups -OCH3 is 1. The summed E-state index contributed by atoms with van der Waals surface area (Å²) >= 11 is 0. The Morgan fingerprint density at radius 1 is 0.958 bits per heavy atom. The summed E-state index contributed by atoms with van der Waals surface area (Å²) in [5.41, 5.74) is 0.378. The molecular weight excluding hydrogens is 610 g/mol. The van der Waals surface area contributed by atoms with Crippen LogP contribution in [0.4, 0.5) is 0 Å². The minimum absolute atomic E-state index is 0.0476. The zero-order valence-corrected chi connectivity index (χ0v) is 27.8. The van der Waals surface area contributed by atoms with Crippen LogP contribution in [0.25, 0.3) is 10.8 Å². The molecule has 10 nitrogen and oxygen atoms in total. The van der Waals surface area contributed by atoms with Crippen molar-refractivity contribution < 1.29 is 33.1 Å². The second kappa shape index (κ2) is 12.9. The Kier molecular flexibility index (Phi) is 8.62. The van der Waals surface area contributed by atoms with Crippen molar-refractivity contribution in [3.05, 3.63) is 84.0 Å². The average Bonchev–Trinajstić information content (AvgIpc) is 3.80. The van der Waals surface area contributed by atoms with E-state index in [0.29, 0.717) is 31.9 Å². The van der Waals surface area contributed by atoms with E-state index in [1.54, 1.807) is 26.8 Å². The molecule has 10 heteroatoms. The number of piperazine rings is 1. The number of hydrogen-bond acceptors (Lipinski definition) is 7. The molecule has 252 valence electrons. The van der Waals surface area contributed by atoms with Crippen LogP contribution in [0.15, 0.2) is 77.1 Å². The Bertz CT molecular complexity index is 1730. The molecule has 7 rings (SSSR count). The smallest absolute Gasteiger partial charge is 0.320 e. The van der Waals surface area contributed by atoms with Crippen molar-refractivity contribution >= 4 is 34.5 Å². The molecule has 1 aliphatic carbocycles. The summed E-state index contributed by atoms with van der Waals surface area (Å²) in [6.07, 6.45) is 4.66. The highest BCUT2D eigenvalue weighted by Crippen LogP contribution is 2.57. The molecule has 3 fully saturated rings. The van der Waals surface area contributed by atoms with E-state index in [0.717, 1.165) is 29.2 Å². The van der Waals surface area contributed by atoms with Gasteiger partial charge >= 0.3 is 5.97 Å². The van der Waals surface area contributed by atoms with Crippen LogP contribution in [-0.4, -0.2) is 83.9 Å². The van der Waals surface area contributed by atoms with E-state index in [4.69, 9.17) is 13.9 Å². The van der Waals surface area contributed by atoms with Gasteiger partial charge in [0.25, 0.3) is 5.91 Å². The maximum absolute atomic E-state index is 14.7. The number of benzene rings is 2. The number of furan rings is 1. The van der Waals surface area contributed by atoms with Gasteiger partial charge < -0.3 is 28.6 Å². The maximum Gasteiger partial charge on any atom is 0.320 e. The molecule has 3 aromatic rings. The number of fused-ring (bicyclic) bond motifs is 2. The van der Waals surface area contributed by atoms with Crippen molar-refractivity contribution in [2.45, 2.75) is 58.3 Å². The van der Waals surface area contributed by atoms with Crippen LogP contribution < -0.4 is 0 Å². The third kappa shape index (κ3) is 5.70. The SMILES string of the molecule is COC(=O)[C@]12C[C@H](CC(=O)N3CCN(C(=O)c4ccco4)CC3)C(=O)N(Cc3cccc4ccccc34)C1=C[C@H](C(C)C)O[C@@H]2C1CC1. The first-order chi connectivity index (χ1) is 23.2. The predicted octanol–water partition coefficient (Wildman–Crippen LogP) is 5.03. The number of carbonyl (C=O) groups is 4. The summed E-state index contributed by atoms with van der Waals surface area (Å²) in [6.45, 7) is 5.85. The molecule has 1 saturated carbocycles.